The minimum absolute atomic E-state index is 0.282. The van der Waals surface area contributed by atoms with Crippen LogP contribution in [-0.4, -0.2) is 34.5 Å². The summed E-state index contributed by atoms with van der Waals surface area (Å²) in [5.74, 6) is 0.907. The first-order valence-corrected chi connectivity index (χ1v) is 9.00. The van der Waals surface area contributed by atoms with Crippen LogP contribution in [0.15, 0.2) is 66.5 Å². The average Bonchev–Trinajstić information content (AvgIpc) is 3.21. The van der Waals surface area contributed by atoms with Crippen molar-refractivity contribution in [2.75, 3.05) is 19.0 Å². The van der Waals surface area contributed by atoms with E-state index in [1.54, 1.807) is 18.7 Å². The smallest absolute Gasteiger partial charge is 0.338 e. The Morgan fingerprint density at radius 2 is 1.89 bits per heavy atom. The zero-order valence-corrected chi connectivity index (χ0v) is 15.6. The molecule has 2 aromatic carbocycles. The van der Waals surface area contributed by atoms with Gasteiger partial charge >= 0.3 is 5.97 Å². The third-order valence-electron chi connectivity index (χ3n) is 4.59. The van der Waals surface area contributed by atoms with Gasteiger partial charge in [-0.2, -0.15) is 10.1 Å². The fraction of sp³-hybridized carbons (Fsp3) is 0.190. The van der Waals surface area contributed by atoms with Crippen LogP contribution in [0.5, 0.6) is 5.75 Å². The second kappa shape index (κ2) is 7.56. The highest BCUT2D eigenvalue weighted by molar-refractivity contribution is 6.02. The lowest BCUT2D eigenvalue weighted by atomic mass is 9.93. The van der Waals surface area contributed by atoms with Gasteiger partial charge in [0.05, 0.1) is 25.0 Å². The lowest BCUT2D eigenvalue weighted by Crippen LogP contribution is -2.30. The Bertz CT molecular complexity index is 1010. The van der Waals surface area contributed by atoms with Crippen LogP contribution in [-0.2, 0) is 9.53 Å². The van der Waals surface area contributed by atoms with E-state index in [1.807, 2.05) is 54.6 Å². The van der Waals surface area contributed by atoms with Gasteiger partial charge < -0.3 is 14.8 Å². The van der Waals surface area contributed by atoms with Crippen molar-refractivity contribution < 1.29 is 14.3 Å². The molecule has 1 aliphatic heterocycles. The van der Waals surface area contributed by atoms with E-state index in [9.17, 15) is 4.79 Å². The third kappa shape index (κ3) is 3.11. The first-order chi connectivity index (χ1) is 13.7. The molecule has 2 heterocycles. The Kier molecular flexibility index (Phi) is 4.80. The number of anilines is 1. The number of aromatic nitrogens is 3. The summed E-state index contributed by atoms with van der Waals surface area (Å²) in [4.78, 5) is 17.3. The summed E-state index contributed by atoms with van der Waals surface area (Å²) in [5, 5.41) is 7.60. The van der Waals surface area contributed by atoms with Gasteiger partial charge in [0.25, 0.3) is 0 Å². The maximum atomic E-state index is 13.0. The number of ether oxygens (including phenoxy) is 2. The number of benzene rings is 2. The van der Waals surface area contributed by atoms with E-state index in [0.29, 0.717) is 17.2 Å². The number of carbonyl (C=O) groups is 1. The number of esters is 1. The summed E-state index contributed by atoms with van der Waals surface area (Å²) in [6, 6.07) is 16.8. The standard InChI is InChI=1S/C21H20N4O3/c1-3-28-20(26)17-18(14-7-5-4-6-8-14)24-21-22-13-23-25(21)19(17)15-9-11-16(27-2)12-10-15/h4-13,19H,3H2,1-2H3,(H,22,23,24)/t19-/m0/s1. The van der Waals surface area contributed by atoms with Crippen molar-refractivity contribution in [2.45, 2.75) is 13.0 Å². The van der Waals surface area contributed by atoms with Crippen molar-refractivity contribution in [3.63, 3.8) is 0 Å². The summed E-state index contributed by atoms with van der Waals surface area (Å²) in [7, 11) is 1.62. The average molecular weight is 376 g/mol. The van der Waals surface area contributed by atoms with Crippen molar-refractivity contribution in [3.05, 3.63) is 77.6 Å². The van der Waals surface area contributed by atoms with E-state index in [0.717, 1.165) is 16.9 Å². The van der Waals surface area contributed by atoms with E-state index in [1.165, 1.54) is 6.33 Å². The molecule has 0 spiro atoms. The Labute approximate surface area is 162 Å². The van der Waals surface area contributed by atoms with Crippen LogP contribution >= 0.6 is 0 Å². The number of nitrogens with one attached hydrogen (secondary N) is 1. The summed E-state index contributed by atoms with van der Waals surface area (Å²) in [5.41, 5.74) is 2.90. The number of carbonyl (C=O) groups excluding carboxylic acids is 1. The minimum Gasteiger partial charge on any atom is -0.497 e. The lowest BCUT2D eigenvalue weighted by Gasteiger charge is -2.29. The van der Waals surface area contributed by atoms with E-state index in [2.05, 4.69) is 15.4 Å². The molecule has 0 radical (unpaired) electrons. The first-order valence-electron chi connectivity index (χ1n) is 9.00. The van der Waals surface area contributed by atoms with Crippen LogP contribution in [0.1, 0.15) is 24.1 Å². The Balaban J connectivity index is 1.93. The van der Waals surface area contributed by atoms with Crippen LogP contribution in [0.2, 0.25) is 0 Å². The minimum atomic E-state index is -0.473. The van der Waals surface area contributed by atoms with Crippen LogP contribution in [0, 0.1) is 0 Å². The van der Waals surface area contributed by atoms with E-state index in [-0.39, 0.29) is 6.61 Å². The molecule has 3 aromatic rings. The van der Waals surface area contributed by atoms with Crippen LogP contribution in [0.3, 0.4) is 0 Å². The quantitative estimate of drug-likeness (QED) is 0.689. The maximum absolute atomic E-state index is 13.0. The molecule has 7 heteroatoms. The molecule has 142 valence electrons. The Morgan fingerprint density at radius 3 is 2.57 bits per heavy atom. The Morgan fingerprint density at radius 1 is 1.14 bits per heavy atom. The van der Waals surface area contributed by atoms with Gasteiger partial charge in [0.15, 0.2) is 0 Å². The molecule has 0 bridgehead atoms. The molecule has 7 nitrogen and oxygen atoms in total. The van der Waals surface area contributed by atoms with Gasteiger partial charge in [-0.1, -0.05) is 42.5 Å². The Hall–Kier alpha value is -3.61. The van der Waals surface area contributed by atoms with Gasteiger partial charge in [0.1, 0.15) is 18.1 Å². The zero-order valence-electron chi connectivity index (χ0n) is 15.6. The lowest BCUT2D eigenvalue weighted by molar-refractivity contribution is -0.138. The monoisotopic (exact) mass is 376 g/mol. The second-order valence-electron chi connectivity index (χ2n) is 6.20. The van der Waals surface area contributed by atoms with Crippen molar-refractivity contribution >= 4 is 17.6 Å². The van der Waals surface area contributed by atoms with Crippen molar-refractivity contribution in [1.82, 2.24) is 14.8 Å². The van der Waals surface area contributed by atoms with E-state index >= 15 is 0 Å². The highest BCUT2D eigenvalue weighted by atomic mass is 16.5. The summed E-state index contributed by atoms with van der Waals surface area (Å²) in [6.45, 7) is 2.07. The third-order valence-corrected chi connectivity index (χ3v) is 4.59. The van der Waals surface area contributed by atoms with Crippen molar-refractivity contribution in [1.29, 1.82) is 0 Å². The van der Waals surface area contributed by atoms with Gasteiger partial charge in [-0.25, -0.2) is 9.48 Å². The molecule has 1 aliphatic rings. The summed E-state index contributed by atoms with van der Waals surface area (Å²) in [6.07, 6.45) is 1.47. The molecule has 0 saturated heterocycles. The molecule has 0 amide bonds. The molecule has 28 heavy (non-hydrogen) atoms. The molecular formula is C21H20N4O3. The predicted molar refractivity (Wildman–Crippen MR) is 105 cm³/mol. The zero-order chi connectivity index (χ0) is 19.5. The molecule has 1 N–H and O–H groups in total. The predicted octanol–water partition coefficient (Wildman–Crippen LogP) is 3.28. The molecule has 0 unspecified atom stereocenters. The maximum Gasteiger partial charge on any atom is 0.338 e. The SMILES string of the molecule is CCOC(=O)C1=C(c2ccccc2)Nc2ncnn2[C@H]1c1ccc(OC)cc1. The first kappa shape index (κ1) is 17.8. The van der Waals surface area contributed by atoms with Gasteiger partial charge in [-0.3, -0.25) is 0 Å². The van der Waals surface area contributed by atoms with Gasteiger partial charge in [-0.05, 0) is 30.2 Å². The number of nitrogens with zero attached hydrogens (tertiary/aromatic N) is 3. The number of rotatable bonds is 5. The number of hydrogen-bond donors (Lipinski definition) is 1. The largest absolute Gasteiger partial charge is 0.497 e. The molecule has 1 atom stereocenters. The highest BCUT2D eigenvalue weighted by Crippen LogP contribution is 2.39. The van der Waals surface area contributed by atoms with E-state index in [4.69, 9.17) is 9.47 Å². The summed E-state index contributed by atoms with van der Waals surface area (Å²) >= 11 is 0. The van der Waals surface area contributed by atoms with Crippen molar-refractivity contribution in [2.24, 2.45) is 0 Å². The van der Waals surface area contributed by atoms with Crippen LogP contribution in [0.4, 0.5) is 5.95 Å². The number of hydrogen-bond acceptors (Lipinski definition) is 6. The van der Waals surface area contributed by atoms with Crippen LogP contribution in [0.25, 0.3) is 5.70 Å². The van der Waals surface area contributed by atoms with E-state index < -0.39 is 12.0 Å². The van der Waals surface area contributed by atoms with Gasteiger partial charge in [0.2, 0.25) is 5.95 Å². The molecule has 0 fully saturated rings. The molecule has 1 aromatic heterocycles. The second-order valence-corrected chi connectivity index (χ2v) is 6.20. The van der Waals surface area contributed by atoms with Gasteiger partial charge in [-0.15, -0.1) is 0 Å². The molecule has 0 aliphatic carbocycles. The number of fused-ring (bicyclic) bond motifs is 1. The molecular weight excluding hydrogens is 356 g/mol. The topological polar surface area (TPSA) is 78.3 Å². The molecule has 0 saturated carbocycles. The fourth-order valence-electron chi connectivity index (χ4n) is 3.32. The fourth-order valence-corrected chi connectivity index (χ4v) is 3.32. The molecule has 4 rings (SSSR count). The van der Waals surface area contributed by atoms with Crippen LogP contribution < -0.4 is 10.1 Å². The van der Waals surface area contributed by atoms with Crippen molar-refractivity contribution in [3.8, 4) is 5.75 Å². The summed E-state index contributed by atoms with van der Waals surface area (Å²) < 4.78 is 12.4. The number of methoxy groups -OCH3 is 1. The highest BCUT2D eigenvalue weighted by Gasteiger charge is 2.36. The van der Waals surface area contributed by atoms with Gasteiger partial charge in [0, 0.05) is 0 Å². The normalized spacial score (nSPS) is 15.6.